The van der Waals surface area contributed by atoms with Gasteiger partial charge in [-0.05, 0) is 18.2 Å². The topological polar surface area (TPSA) is 82.2 Å². The highest BCUT2D eigenvalue weighted by Crippen LogP contribution is 2.23. The van der Waals surface area contributed by atoms with E-state index in [1.54, 1.807) is 24.3 Å². The van der Waals surface area contributed by atoms with Gasteiger partial charge in [0.2, 0.25) is 5.56 Å². The third kappa shape index (κ3) is 2.70. The van der Waals surface area contributed by atoms with Crippen LogP contribution in [0.1, 0.15) is 10.4 Å². The van der Waals surface area contributed by atoms with Crippen molar-refractivity contribution in [3.63, 3.8) is 0 Å². The molecule has 5 nitrogen and oxygen atoms in total. The van der Waals surface area contributed by atoms with Crippen molar-refractivity contribution in [1.82, 2.24) is 4.98 Å². The lowest BCUT2D eigenvalue weighted by Crippen LogP contribution is -2.11. The van der Waals surface area contributed by atoms with Gasteiger partial charge in [0, 0.05) is 6.07 Å². The number of benzene rings is 1. The van der Waals surface area contributed by atoms with Crippen LogP contribution in [-0.2, 0) is 0 Å². The van der Waals surface area contributed by atoms with Crippen molar-refractivity contribution in [3.8, 4) is 0 Å². The Morgan fingerprint density at radius 1 is 1.28 bits per heavy atom. The Balaban J connectivity index is 2.38. The average Bonchev–Trinajstić information content (AvgIpc) is 2.31. The van der Waals surface area contributed by atoms with Crippen molar-refractivity contribution in [3.05, 3.63) is 57.3 Å². The zero-order valence-electron chi connectivity index (χ0n) is 9.11. The number of anilines is 2. The number of halogens is 1. The van der Waals surface area contributed by atoms with E-state index in [0.717, 1.165) is 6.07 Å². The fourth-order valence-electron chi connectivity index (χ4n) is 1.44. The van der Waals surface area contributed by atoms with E-state index >= 15 is 0 Å². The molecule has 0 saturated carbocycles. The van der Waals surface area contributed by atoms with Crippen LogP contribution in [0.3, 0.4) is 0 Å². The predicted molar refractivity (Wildman–Crippen MR) is 68.8 cm³/mol. The van der Waals surface area contributed by atoms with E-state index in [2.05, 4.69) is 10.3 Å². The second-order valence-corrected chi connectivity index (χ2v) is 3.96. The third-order valence-corrected chi connectivity index (χ3v) is 2.56. The van der Waals surface area contributed by atoms with Crippen LogP contribution in [0.4, 0.5) is 11.5 Å². The molecule has 0 atom stereocenters. The van der Waals surface area contributed by atoms with Gasteiger partial charge >= 0.3 is 5.97 Å². The van der Waals surface area contributed by atoms with Crippen molar-refractivity contribution in [2.45, 2.75) is 0 Å². The van der Waals surface area contributed by atoms with Crippen LogP contribution in [0.15, 0.2) is 41.2 Å². The van der Waals surface area contributed by atoms with Crippen molar-refractivity contribution in [2.75, 3.05) is 5.32 Å². The van der Waals surface area contributed by atoms with E-state index in [4.69, 9.17) is 16.7 Å². The van der Waals surface area contributed by atoms with Crippen molar-refractivity contribution < 1.29 is 9.90 Å². The first-order chi connectivity index (χ1) is 8.56. The Bertz CT molecular complexity index is 652. The highest BCUT2D eigenvalue weighted by molar-refractivity contribution is 6.33. The van der Waals surface area contributed by atoms with Gasteiger partial charge < -0.3 is 15.4 Å². The maximum Gasteiger partial charge on any atom is 0.336 e. The molecule has 1 heterocycles. The molecule has 2 aromatic rings. The lowest BCUT2D eigenvalue weighted by Gasteiger charge is -2.08. The number of H-pyrrole nitrogens is 1. The van der Waals surface area contributed by atoms with Gasteiger partial charge in [-0.3, -0.25) is 4.79 Å². The number of carbonyl (C=O) groups is 1. The third-order valence-electron chi connectivity index (χ3n) is 2.23. The number of pyridine rings is 1. The van der Waals surface area contributed by atoms with Crippen LogP contribution in [0.25, 0.3) is 0 Å². The first kappa shape index (κ1) is 12.2. The summed E-state index contributed by atoms with van der Waals surface area (Å²) in [5.41, 5.74) is -0.00453. The summed E-state index contributed by atoms with van der Waals surface area (Å²) in [7, 11) is 0. The lowest BCUT2D eigenvalue weighted by atomic mass is 10.2. The van der Waals surface area contributed by atoms with Gasteiger partial charge in [-0.1, -0.05) is 23.7 Å². The molecule has 0 fully saturated rings. The molecule has 0 radical (unpaired) electrons. The molecule has 1 aromatic carbocycles. The molecule has 1 aromatic heterocycles. The van der Waals surface area contributed by atoms with Crippen molar-refractivity contribution in [2.24, 2.45) is 0 Å². The molecule has 0 aliphatic carbocycles. The molecule has 0 aliphatic rings. The number of hydrogen-bond acceptors (Lipinski definition) is 3. The van der Waals surface area contributed by atoms with Gasteiger partial charge in [0.05, 0.1) is 16.3 Å². The van der Waals surface area contributed by atoms with Gasteiger partial charge in [-0.25, -0.2) is 4.79 Å². The Morgan fingerprint density at radius 2 is 2.00 bits per heavy atom. The first-order valence-corrected chi connectivity index (χ1v) is 5.43. The number of rotatable bonds is 3. The van der Waals surface area contributed by atoms with Crippen molar-refractivity contribution >= 4 is 29.1 Å². The SMILES string of the molecule is O=C(O)c1cc(Nc2ccccc2Cl)[nH]c(=O)c1. The minimum atomic E-state index is -1.16. The Hall–Kier alpha value is -2.27. The van der Waals surface area contributed by atoms with Crippen LogP contribution in [0.2, 0.25) is 5.02 Å². The van der Waals surface area contributed by atoms with Crippen LogP contribution in [0.5, 0.6) is 0 Å². The summed E-state index contributed by atoms with van der Waals surface area (Å²) in [6.07, 6.45) is 0. The number of carboxylic acid groups (broad SMARTS) is 1. The van der Waals surface area contributed by atoms with Gasteiger partial charge in [-0.2, -0.15) is 0 Å². The van der Waals surface area contributed by atoms with Crippen LogP contribution >= 0.6 is 11.6 Å². The summed E-state index contributed by atoms with van der Waals surface area (Å²) in [5, 5.41) is 12.2. The maximum absolute atomic E-state index is 11.3. The van der Waals surface area contributed by atoms with E-state index in [1.165, 1.54) is 6.07 Å². The standard InChI is InChI=1S/C12H9ClN2O3/c13-8-3-1-2-4-9(8)14-10-5-7(12(17)18)6-11(16)15-10/h1-6H,(H,17,18)(H2,14,15,16). The second-order valence-electron chi connectivity index (χ2n) is 3.56. The summed E-state index contributed by atoms with van der Waals surface area (Å²) in [5.74, 6) is -0.892. The molecular formula is C12H9ClN2O3. The Kier molecular flexibility index (Phi) is 3.34. The van der Waals surface area contributed by atoms with Gasteiger partial charge in [0.1, 0.15) is 5.82 Å². The molecular weight excluding hydrogens is 256 g/mol. The van der Waals surface area contributed by atoms with Crippen LogP contribution in [-0.4, -0.2) is 16.1 Å². The van der Waals surface area contributed by atoms with Crippen LogP contribution < -0.4 is 10.9 Å². The summed E-state index contributed by atoms with van der Waals surface area (Å²) < 4.78 is 0. The monoisotopic (exact) mass is 264 g/mol. The number of hydrogen-bond donors (Lipinski definition) is 3. The Morgan fingerprint density at radius 3 is 2.67 bits per heavy atom. The number of carboxylic acids is 1. The highest BCUT2D eigenvalue weighted by Gasteiger charge is 2.07. The number of para-hydroxylation sites is 1. The zero-order chi connectivity index (χ0) is 13.1. The van der Waals surface area contributed by atoms with Crippen LogP contribution in [0, 0.1) is 0 Å². The molecule has 92 valence electrons. The smallest absolute Gasteiger partial charge is 0.336 e. The number of nitrogens with one attached hydrogen (secondary N) is 2. The predicted octanol–water partition coefficient (Wildman–Crippen LogP) is 2.47. The van der Waals surface area contributed by atoms with E-state index < -0.39 is 11.5 Å². The molecule has 0 amide bonds. The minimum absolute atomic E-state index is 0.0895. The van der Waals surface area contributed by atoms with Gasteiger partial charge in [-0.15, -0.1) is 0 Å². The molecule has 2 rings (SSSR count). The summed E-state index contributed by atoms with van der Waals surface area (Å²) in [6, 6.07) is 9.28. The summed E-state index contributed by atoms with van der Waals surface area (Å²) >= 11 is 5.95. The molecule has 0 spiro atoms. The minimum Gasteiger partial charge on any atom is -0.478 e. The molecule has 3 N–H and O–H groups in total. The van der Waals surface area contributed by atoms with Gasteiger partial charge in [0.25, 0.3) is 0 Å². The normalized spacial score (nSPS) is 10.1. The maximum atomic E-state index is 11.3. The molecule has 0 bridgehead atoms. The molecule has 0 unspecified atom stereocenters. The average molecular weight is 265 g/mol. The number of aromatic nitrogens is 1. The number of aromatic amines is 1. The van der Waals surface area contributed by atoms with Gasteiger partial charge in [0.15, 0.2) is 0 Å². The molecule has 0 saturated heterocycles. The fourth-order valence-corrected chi connectivity index (χ4v) is 1.62. The van der Waals surface area contributed by atoms with E-state index in [1.807, 2.05) is 0 Å². The fraction of sp³-hybridized carbons (Fsp3) is 0. The summed E-state index contributed by atoms with van der Waals surface area (Å²) in [6.45, 7) is 0. The summed E-state index contributed by atoms with van der Waals surface area (Å²) in [4.78, 5) is 24.6. The Labute approximate surface area is 107 Å². The number of aromatic carboxylic acids is 1. The van der Waals surface area contributed by atoms with Crippen molar-refractivity contribution in [1.29, 1.82) is 0 Å². The largest absolute Gasteiger partial charge is 0.478 e. The lowest BCUT2D eigenvalue weighted by molar-refractivity contribution is 0.0696. The second kappa shape index (κ2) is 4.93. The van der Waals surface area contributed by atoms with E-state index in [9.17, 15) is 9.59 Å². The highest BCUT2D eigenvalue weighted by atomic mass is 35.5. The van der Waals surface area contributed by atoms with E-state index in [0.29, 0.717) is 10.7 Å². The molecule has 0 aliphatic heterocycles. The van der Waals surface area contributed by atoms with E-state index in [-0.39, 0.29) is 11.4 Å². The quantitative estimate of drug-likeness (QED) is 0.795. The zero-order valence-corrected chi connectivity index (χ0v) is 9.86. The first-order valence-electron chi connectivity index (χ1n) is 5.05. The molecule has 6 heteroatoms. The molecule has 18 heavy (non-hydrogen) atoms.